The molecular formula is C6H8O7. The molecule has 0 aromatic heterocycles. The summed E-state index contributed by atoms with van der Waals surface area (Å²) in [6, 6.07) is 0. The molecule has 0 saturated carbocycles. The summed E-state index contributed by atoms with van der Waals surface area (Å²) in [5.41, 5.74) is -2.74. The van der Waals surface area contributed by atoms with E-state index < -0.39 is 36.4 Å². The van der Waals surface area contributed by atoms with Gasteiger partial charge in [0.2, 0.25) is 0 Å². The van der Waals surface area contributed by atoms with Gasteiger partial charge in [-0.2, -0.15) is 0 Å². The number of carboxylic acids is 3. The van der Waals surface area contributed by atoms with Gasteiger partial charge in [0.1, 0.15) is 0 Å². The van der Waals surface area contributed by atoms with Gasteiger partial charge in [0.25, 0.3) is 0 Å². The van der Waals surface area contributed by atoms with E-state index in [1.165, 1.54) is 0 Å². The van der Waals surface area contributed by atoms with Crippen LogP contribution in [0.1, 0.15) is 12.8 Å². The zero-order chi connectivity index (χ0) is 10.6. The van der Waals surface area contributed by atoms with E-state index in [1.807, 2.05) is 0 Å². The summed E-state index contributed by atoms with van der Waals surface area (Å²) < 4.78 is 0. The van der Waals surface area contributed by atoms with Crippen molar-refractivity contribution in [2.45, 2.75) is 18.4 Å². The Labute approximate surface area is 72.2 Å². The predicted molar refractivity (Wildman–Crippen MR) is 37.1 cm³/mol. The molecule has 74 valence electrons. The molecule has 0 aliphatic heterocycles. The Morgan fingerprint density at radius 2 is 1.77 bits per heavy atom. The Morgan fingerprint density at radius 1 is 1.31 bits per heavy atom. The van der Waals surface area contributed by atoms with Gasteiger partial charge >= 0.3 is 17.9 Å². The first kappa shape index (κ1) is 11.4. The Morgan fingerprint density at radius 3 is 2.00 bits per heavy atom. The molecule has 0 spiro atoms. The van der Waals surface area contributed by atoms with Gasteiger partial charge in [0.15, 0.2) is 5.60 Å². The molecule has 0 fully saturated rings. The predicted octanol–water partition coefficient (Wildman–Crippen LogP) is -1.25. The maximum atomic E-state index is 10.3. The molecule has 0 bridgehead atoms. The van der Waals surface area contributed by atoms with Crippen LogP contribution in [0.25, 0.3) is 0 Å². The minimum atomic E-state index is -2.74. The molecule has 0 aromatic carbocycles. The molecule has 1 atom stereocenters. The number of hydrogen-bond donors (Lipinski definition) is 4. The summed E-state index contributed by atoms with van der Waals surface area (Å²) in [6.45, 7) is 0. The number of aliphatic hydroxyl groups is 1. The Kier molecular flexibility index (Phi) is 3.37. The van der Waals surface area contributed by atoms with E-state index in [2.05, 4.69) is 0 Å². The van der Waals surface area contributed by atoms with Crippen LogP contribution in [0, 0.1) is 0 Å². The molecule has 0 aliphatic rings. The lowest BCUT2D eigenvalue weighted by molar-refractivity contribution is -0.170. The fraction of sp³-hybridized carbons (Fsp3) is 0.500. The van der Waals surface area contributed by atoms with E-state index in [9.17, 15) is 14.4 Å². The average Bonchev–Trinajstić information content (AvgIpc) is 1.82. The van der Waals surface area contributed by atoms with Gasteiger partial charge in [-0.05, 0) is 0 Å². The van der Waals surface area contributed by atoms with Gasteiger partial charge in [-0.15, -0.1) is 0 Å². The maximum absolute atomic E-state index is 10.3. The molecule has 0 heterocycles. The van der Waals surface area contributed by atoms with Crippen molar-refractivity contribution in [3.63, 3.8) is 0 Å². The fourth-order valence-corrected chi connectivity index (χ4v) is 0.714. The second-order valence-electron chi connectivity index (χ2n) is 2.48. The molecule has 4 N–H and O–H groups in total. The van der Waals surface area contributed by atoms with E-state index in [0.717, 1.165) is 0 Å². The normalized spacial score (nSPS) is 14.5. The Bertz CT molecular complexity index is 227. The zero-order valence-corrected chi connectivity index (χ0v) is 6.43. The van der Waals surface area contributed by atoms with Crippen LogP contribution in [0.4, 0.5) is 0 Å². The average molecular weight is 200 g/mol. The Hall–Kier alpha value is -1.63. The third kappa shape index (κ3) is 3.52. The van der Waals surface area contributed by atoms with Crippen molar-refractivity contribution in [1.29, 1.82) is 0 Å². The molecule has 0 aromatic rings. The first-order valence-electron chi connectivity index (χ1n) is 3.17. The van der Waals surface area contributed by atoms with Crippen LogP contribution in [0.3, 0.4) is 0 Å². The monoisotopic (exact) mass is 200 g/mol. The number of carboxylic acid groups (broad SMARTS) is 3. The Balaban J connectivity index is 4.62. The van der Waals surface area contributed by atoms with Crippen molar-refractivity contribution in [1.82, 2.24) is 0 Å². The van der Waals surface area contributed by atoms with Crippen LogP contribution in [0.2, 0.25) is 0 Å². The third-order valence-corrected chi connectivity index (χ3v) is 1.29. The van der Waals surface area contributed by atoms with Crippen molar-refractivity contribution in [2.24, 2.45) is 0 Å². The van der Waals surface area contributed by atoms with Crippen LogP contribution in [-0.4, -0.2) is 43.9 Å². The van der Waals surface area contributed by atoms with Crippen molar-refractivity contribution in [2.75, 3.05) is 0 Å². The zero-order valence-electron chi connectivity index (χ0n) is 6.43. The lowest BCUT2D eigenvalue weighted by atomic mass is 10.0. The van der Waals surface area contributed by atoms with Crippen LogP contribution in [0.5, 0.6) is 0 Å². The molecule has 7 nitrogen and oxygen atoms in total. The second-order valence-corrected chi connectivity index (χ2v) is 2.48. The van der Waals surface area contributed by atoms with Crippen LogP contribution >= 0.6 is 0 Å². The van der Waals surface area contributed by atoms with E-state index in [1.54, 1.807) is 0 Å². The second kappa shape index (κ2) is 3.85. The first-order valence-corrected chi connectivity index (χ1v) is 3.17. The SMILES string of the molecule is O=C(O)CC(O)(C[20C](=O)O)C(=O)O. The maximum Gasteiger partial charge on any atom is 0.336 e. The number of rotatable bonds is 5. The van der Waals surface area contributed by atoms with E-state index in [-0.39, 0.29) is 0 Å². The number of hydrogen-bond acceptors (Lipinski definition) is 4. The smallest absolute Gasteiger partial charge is 0.336 e. The first-order chi connectivity index (χ1) is 5.78. The van der Waals surface area contributed by atoms with Crippen LogP contribution in [0.15, 0.2) is 0 Å². The summed E-state index contributed by atoms with van der Waals surface area (Å²) in [4.78, 5) is 30.5. The topological polar surface area (TPSA) is 132 Å². The van der Waals surface area contributed by atoms with Crippen LogP contribution < -0.4 is 0 Å². The summed E-state index contributed by atoms with van der Waals surface area (Å²) in [5, 5.41) is 33.8. The lowest BCUT2D eigenvalue weighted by Gasteiger charge is -2.18. The van der Waals surface area contributed by atoms with Crippen molar-refractivity contribution in [3.8, 4) is 0 Å². The third-order valence-electron chi connectivity index (χ3n) is 1.29. The van der Waals surface area contributed by atoms with Crippen LogP contribution in [-0.2, 0) is 14.4 Å². The highest BCUT2D eigenvalue weighted by Gasteiger charge is 2.40. The van der Waals surface area contributed by atoms with Crippen molar-refractivity contribution < 1.29 is 34.8 Å². The summed E-state index contributed by atoms with van der Waals surface area (Å²) in [5.74, 6) is -5.02. The van der Waals surface area contributed by atoms with Gasteiger partial charge < -0.3 is 20.4 Å². The lowest BCUT2D eigenvalue weighted by Crippen LogP contribution is -2.42. The highest BCUT2D eigenvalue weighted by molar-refractivity contribution is 5.88. The molecule has 0 amide bonds. The number of aliphatic carboxylic acids is 3. The highest BCUT2D eigenvalue weighted by atomic mass is 20.5. The number of carbonyl (C=O) groups is 3. The molecule has 13 heavy (non-hydrogen) atoms. The molecule has 0 aliphatic carbocycles. The van der Waals surface area contributed by atoms with Gasteiger partial charge in [-0.1, -0.05) is 0 Å². The summed E-state index contributed by atoms with van der Waals surface area (Å²) in [7, 11) is 0. The quantitative estimate of drug-likeness (QED) is 0.436. The van der Waals surface area contributed by atoms with Gasteiger partial charge in [0.05, 0.1) is 12.8 Å². The van der Waals surface area contributed by atoms with Crippen molar-refractivity contribution >= 4 is 17.9 Å². The molecular weight excluding hydrogens is 192 g/mol. The van der Waals surface area contributed by atoms with Crippen molar-refractivity contribution in [3.05, 3.63) is 0 Å². The highest BCUT2D eigenvalue weighted by Crippen LogP contribution is 2.15. The summed E-state index contributed by atoms with van der Waals surface area (Å²) in [6.07, 6.45) is -2.29. The van der Waals surface area contributed by atoms with E-state index >= 15 is 0 Å². The standard InChI is InChI=1S/C6H8O7/c7-3(8)1-6(13,5(11)12)2-4(9)10/h13H,1-2H2,(H,7,8)(H,9,10)(H,11,12)/i3+8. The minimum absolute atomic E-state index is 1.14. The molecule has 0 radical (unpaired) electrons. The fourth-order valence-electron chi connectivity index (χ4n) is 0.714. The molecule has 7 heteroatoms. The molecule has 1 unspecified atom stereocenters. The van der Waals surface area contributed by atoms with E-state index in [0.29, 0.717) is 0 Å². The minimum Gasteiger partial charge on any atom is -0.481 e. The summed E-state index contributed by atoms with van der Waals surface area (Å²) >= 11 is 0. The van der Waals surface area contributed by atoms with Gasteiger partial charge in [0, 0.05) is 0 Å². The largest absolute Gasteiger partial charge is 0.481 e. The molecule has 0 saturated heterocycles. The van der Waals surface area contributed by atoms with Gasteiger partial charge in [-0.3, -0.25) is 9.59 Å². The van der Waals surface area contributed by atoms with E-state index in [4.69, 9.17) is 20.4 Å². The van der Waals surface area contributed by atoms with Gasteiger partial charge in [-0.25, -0.2) is 4.79 Å². The molecule has 0 rings (SSSR count).